The lowest BCUT2D eigenvalue weighted by Gasteiger charge is -2.10. The van der Waals surface area contributed by atoms with Crippen LogP contribution in [0.15, 0.2) is 47.4 Å². The van der Waals surface area contributed by atoms with Crippen LogP contribution >= 0.6 is 0 Å². The minimum atomic E-state index is -3.17. The quantitative estimate of drug-likeness (QED) is 0.909. The van der Waals surface area contributed by atoms with Crippen LogP contribution in [0.3, 0.4) is 0 Å². The van der Waals surface area contributed by atoms with Crippen molar-refractivity contribution in [3.63, 3.8) is 0 Å². The Labute approximate surface area is 119 Å². The molecule has 5 heteroatoms. The number of aromatic hydroxyl groups is 1. The fourth-order valence-electron chi connectivity index (χ4n) is 1.88. The van der Waals surface area contributed by atoms with Crippen LogP contribution in [0.5, 0.6) is 5.75 Å². The van der Waals surface area contributed by atoms with Gasteiger partial charge in [0.25, 0.3) is 0 Å². The first-order valence-electron chi connectivity index (χ1n) is 6.19. The molecule has 2 rings (SSSR count). The summed E-state index contributed by atoms with van der Waals surface area (Å²) in [5.74, 6) is 0.285. The number of sulfone groups is 1. The lowest BCUT2D eigenvalue weighted by atomic mass is 10.1. The number of aryl methyl sites for hydroxylation is 1. The summed E-state index contributed by atoms with van der Waals surface area (Å²) in [6.07, 6.45) is 1.18. The molecular weight excluding hydrogens is 274 g/mol. The van der Waals surface area contributed by atoms with Gasteiger partial charge in [0.05, 0.1) is 4.90 Å². The van der Waals surface area contributed by atoms with Gasteiger partial charge in [-0.3, -0.25) is 0 Å². The maximum atomic E-state index is 11.4. The first-order chi connectivity index (χ1) is 9.38. The van der Waals surface area contributed by atoms with Gasteiger partial charge in [-0.2, -0.15) is 0 Å². The van der Waals surface area contributed by atoms with Crippen LogP contribution < -0.4 is 5.32 Å². The first-order valence-corrected chi connectivity index (χ1v) is 8.08. The molecular formula is C15H17NO3S. The van der Waals surface area contributed by atoms with Crippen LogP contribution in [0.4, 0.5) is 5.69 Å². The van der Waals surface area contributed by atoms with Gasteiger partial charge in [0.15, 0.2) is 9.84 Å². The molecule has 0 saturated heterocycles. The van der Waals surface area contributed by atoms with Gasteiger partial charge in [0, 0.05) is 24.1 Å². The van der Waals surface area contributed by atoms with E-state index >= 15 is 0 Å². The molecule has 2 aromatic rings. The average molecular weight is 291 g/mol. The summed E-state index contributed by atoms with van der Waals surface area (Å²) in [4.78, 5) is 0.293. The van der Waals surface area contributed by atoms with Crippen LogP contribution in [0.25, 0.3) is 0 Å². The maximum absolute atomic E-state index is 11.4. The van der Waals surface area contributed by atoms with E-state index in [0.29, 0.717) is 11.4 Å². The van der Waals surface area contributed by atoms with Crippen molar-refractivity contribution >= 4 is 15.5 Å². The van der Waals surface area contributed by atoms with E-state index in [1.54, 1.807) is 24.3 Å². The molecule has 0 radical (unpaired) electrons. The minimum absolute atomic E-state index is 0.285. The summed E-state index contributed by atoms with van der Waals surface area (Å²) in [5.41, 5.74) is 2.44. The zero-order valence-corrected chi connectivity index (χ0v) is 12.2. The highest BCUT2D eigenvalue weighted by Gasteiger charge is 2.07. The highest BCUT2D eigenvalue weighted by atomic mass is 32.2. The molecule has 0 aliphatic heterocycles. The van der Waals surface area contributed by atoms with E-state index in [0.717, 1.165) is 16.8 Å². The SMILES string of the molecule is Cc1cccc(CNc2ccc(S(C)(=O)=O)cc2)c1O. The van der Waals surface area contributed by atoms with E-state index < -0.39 is 9.84 Å². The molecule has 0 spiro atoms. The summed E-state index contributed by atoms with van der Waals surface area (Å²) >= 11 is 0. The van der Waals surface area contributed by atoms with Crippen molar-refractivity contribution in [2.24, 2.45) is 0 Å². The third-order valence-electron chi connectivity index (χ3n) is 3.09. The standard InChI is InChI=1S/C15H17NO3S/c1-11-4-3-5-12(15(11)17)10-16-13-6-8-14(9-7-13)20(2,18)19/h3-9,16-17H,10H2,1-2H3. The molecule has 0 unspecified atom stereocenters. The number of benzene rings is 2. The first kappa shape index (κ1) is 14.4. The largest absolute Gasteiger partial charge is 0.507 e. The summed E-state index contributed by atoms with van der Waals surface area (Å²) in [7, 11) is -3.17. The zero-order chi connectivity index (χ0) is 14.8. The molecule has 20 heavy (non-hydrogen) atoms. The number of hydrogen-bond donors (Lipinski definition) is 2. The van der Waals surface area contributed by atoms with Gasteiger partial charge in [0.1, 0.15) is 5.75 Å². The van der Waals surface area contributed by atoms with Gasteiger partial charge in [-0.1, -0.05) is 18.2 Å². The molecule has 0 aliphatic rings. The number of phenolic OH excluding ortho intramolecular Hbond substituents is 1. The Hall–Kier alpha value is -2.01. The third kappa shape index (κ3) is 3.30. The number of phenols is 1. The van der Waals surface area contributed by atoms with Crippen molar-refractivity contribution in [1.29, 1.82) is 0 Å². The van der Waals surface area contributed by atoms with Crippen LogP contribution in [-0.4, -0.2) is 19.8 Å². The summed E-state index contributed by atoms with van der Waals surface area (Å²) in [6, 6.07) is 12.1. The smallest absolute Gasteiger partial charge is 0.175 e. The lowest BCUT2D eigenvalue weighted by molar-refractivity contribution is 0.465. The fraction of sp³-hybridized carbons (Fsp3) is 0.200. The highest BCUT2D eigenvalue weighted by Crippen LogP contribution is 2.22. The molecule has 106 valence electrons. The second kappa shape index (κ2) is 5.54. The third-order valence-corrected chi connectivity index (χ3v) is 4.22. The van der Waals surface area contributed by atoms with Crippen molar-refractivity contribution in [2.45, 2.75) is 18.4 Å². The maximum Gasteiger partial charge on any atom is 0.175 e. The molecule has 0 aromatic heterocycles. The second-order valence-corrected chi connectivity index (χ2v) is 6.75. The van der Waals surface area contributed by atoms with Gasteiger partial charge >= 0.3 is 0 Å². The molecule has 0 bridgehead atoms. The molecule has 2 aromatic carbocycles. The highest BCUT2D eigenvalue weighted by molar-refractivity contribution is 7.90. The Morgan fingerprint density at radius 1 is 1.10 bits per heavy atom. The zero-order valence-electron chi connectivity index (χ0n) is 11.4. The number of nitrogens with one attached hydrogen (secondary N) is 1. The van der Waals surface area contributed by atoms with Crippen molar-refractivity contribution in [1.82, 2.24) is 0 Å². The summed E-state index contributed by atoms with van der Waals surface area (Å²) in [5, 5.41) is 13.1. The van der Waals surface area contributed by atoms with Gasteiger partial charge in [-0.05, 0) is 36.8 Å². The monoisotopic (exact) mass is 291 g/mol. The predicted molar refractivity (Wildman–Crippen MR) is 79.7 cm³/mol. The van der Waals surface area contributed by atoms with E-state index in [1.807, 2.05) is 25.1 Å². The molecule has 2 N–H and O–H groups in total. The normalized spacial score (nSPS) is 11.3. The molecule has 4 nitrogen and oxygen atoms in total. The number of hydrogen-bond acceptors (Lipinski definition) is 4. The predicted octanol–water partition coefficient (Wildman–Crippen LogP) is 2.72. The van der Waals surface area contributed by atoms with E-state index in [4.69, 9.17) is 0 Å². The van der Waals surface area contributed by atoms with Gasteiger partial charge in [-0.25, -0.2) is 8.42 Å². The minimum Gasteiger partial charge on any atom is -0.507 e. The van der Waals surface area contributed by atoms with Crippen molar-refractivity contribution < 1.29 is 13.5 Å². The van der Waals surface area contributed by atoms with Gasteiger partial charge in [-0.15, -0.1) is 0 Å². The molecule has 0 saturated carbocycles. The Morgan fingerprint density at radius 2 is 1.75 bits per heavy atom. The lowest BCUT2D eigenvalue weighted by Crippen LogP contribution is -2.01. The topological polar surface area (TPSA) is 66.4 Å². The Bertz CT molecular complexity index is 706. The number of anilines is 1. The molecule has 0 amide bonds. The summed E-state index contributed by atoms with van der Waals surface area (Å²) in [6.45, 7) is 2.32. The van der Waals surface area contributed by atoms with Crippen molar-refractivity contribution in [3.8, 4) is 5.75 Å². The van der Waals surface area contributed by atoms with Crippen molar-refractivity contribution in [3.05, 3.63) is 53.6 Å². The second-order valence-electron chi connectivity index (χ2n) is 4.73. The van der Waals surface area contributed by atoms with E-state index in [1.165, 1.54) is 6.26 Å². The number of rotatable bonds is 4. The van der Waals surface area contributed by atoms with Crippen LogP contribution in [-0.2, 0) is 16.4 Å². The molecule has 0 atom stereocenters. The van der Waals surface area contributed by atoms with E-state index in [9.17, 15) is 13.5 Å². The fourth-order valence-corrected chi connectivity index (χ4v) is 2.51. The Morgan fingerprint density at radius 3 is 2.35 bits per heavy atom. The number of para-hydroxylation sites is 1. The van der Waals surface area contributed by atoms with Crippen molar-refractivity contribution in [2.75, 3.05) is 11.6 Å². The Balaban J connectivity index is 2.10. The van der Waals surface area contributed by atoms with Crippen LogP contribution in [0, 0.1) is 6.92 Å². The average Bonchev–Trinajstić information content (AvgIpc) is 2.40. The summed E-state index contributed by atoms with van der Waals surface area (Å²) < 4.78 is 22.7. The van der Waals surface area contributed by atoms with Gasteiger partial charge in [0.2, 0.25) is 0 Å². The molecule has 0 heterocycles. The molecule has 0 aliphatic carbocycles. The van der Waals surface area contributed by atoms with E-state index in [2.05, 4.69) is 5.32 Å². The van der Waals surface area contributed by atoms with Crippen LogP contribution in [0.1, 0.15) is 11.1 Å². The van der Waals surface area contributed by atoms with E-state index in [-0.39, 0.29) is 5.75 Å². The molecule has 0 fully saturated rings. The Kier molecular flexibility index (Phi) is 3.99. The van der Waals surface area contributed by atoms with Gasteiger partial charge < -0.3 is 10.4 Å². The van der Waals surface area contributed by atoms with Crippen LogP contribution in [0.2, 0.25) is 0 Å².